The molecule has 248 valence electrons. The van der Waals surface area contributed by atoms with Crippen LogP contribution in [-0.2, 0) is 21.1 Å². The maximum atomic E-state index is 5.05. The molecule has 0 spiro atoms. The summed E-state index contributed by atoms with van der Waals surface area (Å²) in [5.41, 5.74) is 15.4. The van der Waals surface area contributed by atoms with Gasteiger partial charge in [-0.15, -0.1) is 41.4 Å². The molecule has 0 saturated heterocycles. The molecule has 1 aliphatic rings. The Balaban J connectivity index is 0.00000361. The van der Waals surface area contributed by atoms with Gasteiger partial charge in [0.2, 0.25) is 0 Å². The number of hydrogen-bond donors (Lipinski definition) is 0. The van der Waals surface area contributed by atoms with E-state index < -0.39 is 0 Å². The van der Waals surface area contributed by atoms with Crippen LogP contribution in [0.2, 0.25) is 0 Å². The van der Waals surface area contributed by atoms with Gasteiger partial charge < -0.3 is 14.4 Å². The number of benzene rings is 6. The summed E-state index contributed by atoms with van der Waals surface area (Å²) in [6.45, 7) is 8.66. The standard InChI is InChI=1S/C44H34N5.Pt/c1-29-23-30(2)43(31(3)24-29)38-27-45-49(44(38)32-13-6-5-7-14-32)35-21-22-37-36-17-8-9-18-39(36)48(42(37)26-35)34-16-12-15-33(25-34)47-28-46(4)40-19-10-11-20-41(40)47;/h5-24,27-28H,1-4H3;/q-3;. The van der Waals surface area contributed by atoms with Crippen molar-refractivity contribution in [2.75, 3.05) is 16.8 Å². The Kier molecular flexibility index (Phi) is 7.96. The summed E-state index contributed by atoms with van der Waals surface area (Å²) in [5.74, 6) is 0. The Hall–Kier alpha value is -5.38. The minimum atomic E-state index is 0. The number of para-hydroxylation sites is 3. The summed E-state index contributed by atoms with van der Waals surface area (Å²) in [6.07, 6.45) is 2.01. The number of fused-ring (bicyclic) bond motifs is 4. The molecule has 0 amide bonds. The van der Waals surface area contributed by atoms with E-state index in [0.717, 1.165) is 56.0 Å². The van der Waals surface area contributed by atoms with Gasteiger partial charge in [-0.05, 0) is 73.8 Å². The van der Waals surface area contributed by atoms with Crippen molar-refractivity contribution in [3.05, 3.63) is 163 Å². The van der Waals surface area contributed by atoms with Gasteiger partial charge in [-0.2, -0.15) is 23.9 Å². The third-order valence-corrected chi connectivity index (χ3v) is 9.63. The van der Waals surface area contributed by atoms with E-state index in [0.29, 0.717) is 0 Å². The van der Waals surface area contributed by atoms with Crippen molar-refractivity contribution >= 4 is 38.9 Å². The topological polar surface area (TPSA) is 29.2 Å². The van der Waals surface area contributed by atoms with Crippen LogP contribution in [0.5, 0.6) is 0 Å². The average molecular weight is 828 g/mol. The van der Waals surface area contributed by atoms with E-state index in [1.54, 1.807) is 0 Å². The van der Waals surface area contributed by atoms with Crippen molar-refractivity contribution in [1.29, 1.82) is 0 Å². The van der Waals surface area contributed by atoms with E-state index in [4.69, 9.17) is 5.10 Å². The van der Waals surface area contributed by atoms with Gasteiger partial charge in [0.15, 0.2) is 0 Å². The zero-order chi connectivity index (χ0) is 33.2. The molecule has 0 fully saturated rings. The molecule has 2 aromatic heterocycles. The summed E-state index contributed by atoms with van der Waals surface area (Å²) in [6, 6.07) is 50.4. The average Bonchev–Trinajstić information content (AvgIpc) is 3.80. The first-order valence-electron chi connectivity index (χ1n) is 16.6. The van der Waals surface area contributed by atoms with Crippen LogP contribution in [0.25, 0.3) is 55.6 Å². The maximum Gasteiger partial charge on any atom is 0.0794 e. The Labute approximate surface area is 307 Å². The van der Waals surface area contributed by atoms with Crippen molar-refractivity contribution in [2.24, 2.45) is 0 Å². The Morgan fingerprint density at radius 2 is 1.34 bits per heavy atom. The van der Waals surface area contributed by atoms with Gasteiger partial charge in [0, 0.05) is 49.1 Å². The molecule has 0 atom stereocenters. The van der Waals surface area contributed by atoms with Crippen LogP contribution < -0.4 is 9.80 Å². The van der Waals surface area contributed by atoms with Crippen LogP contribution in [0.15, 0.2) is 128 Å². The van der Waals surface area contributed by atoms with Crippen molar-refractivity contribution < 1.29 is 21.1 Å². The van der Waals surface area contributed by atoms with Crippen LogP contribution in [0, 0.1) is 39.6 Å². The Morgan fingerprint density at radius 3 is 2.14 bits per heavy atom. The molecule has 6 heteroatoms. The number of anilines is 3. The molecule has 5 nitrogen and oxygen atoms in total. The predicted molar refractivity (Wildman–Crippen MR) is 202 cm³/mol. The smallest absolute Gasteiger partial charge is 0.0794 e. The van der Waals surface area contributed by atoms with E-state index in [2.05, 4.69) is 187 Å². The fraction of sp³-hybridized carbons (Fsp3) is 0.0909. The molecule has 0 unspecified atom stereocenters. The largest absolute Gasteiger partial charge is 0.504 e. The SMILES string of the molecule is Cc1cc(C)c(-c2cnn(-c3[c-]c4c(cc3)c3ccccc3n4-c3[c-]c(N4[CH-]N(C)c5ccccc54)ccc3)c2-c2ccccc2)c(C)c1.[Pt]. The van der Waals surface area contributed by atoms with Crippen LogP contribution in [0.4, 0.5) is 17.1 Å². The van der Waals surface area contributed by atoms with Crippen LogP contribution in [0.1, 0.15) is 16.7 Å². The van der Waals surface area contributed by atoms with Crippen molar-refractivity contribution in [2.45, 2.75) is 20.8 Å². The molecule has 6 aromatic carbocycles. The van der Waals surface area contributed by atoms with Gasteiger partial charge in [0.25, 0.3) is 0 Å². The van der Waals surface area contributed by atoms with Gasteiger partial charge in [0.05, 0.1) is 11.9 Å². The van der Waals surface area contributed by atoms with Crippen LogP contribution >= 0.6 is 0 Å². The second-order valence-electron chi connectivity index (χ2n) is 12.9. The van der Waals surface area contributed by atoms with E-state index in [1.165, 1.54) is 33.3 Å². The summed E-state index contributed by atoms with van der Waals surface area (Å²) in [5, 5.41) is 7.36. The van der Waals surface area contributed by atoms with E-state index in [-0.39, 0.29) is 21.1 Å². The van der Waals surface area contributed by atoms with Gasteiger partial charge in [-0.3, -0.25) is 4.68 Å². The van der Waals surface area contributed by atoms with Crippen molar-refractivity contribution in [3.8, 4) is 33.8 Å². The van der Waals surface area contributed by atoms with Crippen LogP contribution in [-0.4, -0.2) is 21.4 Å². The number of rotatable bonds is 5. The summed E-state index contributed by atoms with van der Waals surface area (Å²) < 4.78 is 4.33. The zero-order valence-corrected chi connectivity index (χ0v) is 30.5. The number of aromatic nitrogens is 3. The third-order valence-electron chi connectivity index (χ3n) is 9.63. The van der Waals surface area contributed by atoms with E-state index in [1.807, 2.05) is 6.20 Å². The zero-order valence-electron chi connectivity index (χ0n) is 28.3. The number of nitrogens with zero attached hydrogens (tertiary/aromatic N) is 5. The first kappa shape index (κ1) is 31.9. The first-order valence-corrected chi connectivity index (χ1v) is 16.6. The monoisotopic (exact) mass is 827 g/mol. The molecular weight excluding hydrogens is 794 g/mol. The molecule has 0 aliphatic carbocycles. The number of hydrogen-bond acceptors (Lipinski definition) is 3. The number of aryl methyl sites for hydroxylation is 3. The predicted octanol–water partition coefficient (Wildman–Crippen LogP) is 10.5. The summed E-state index contributed by atoms with van der Waals surface area (Å²) >= 11 is 0. The minimum Gasteiger partial charge on any atom is -0.504 e. The fourth-order valence-electron chi connectivity index (χ4n) is 7.62. The Bertz CT molecular complexity index is 2520. The molecular formula is C44H34N5Pt-3. The summed E-state index contributed by atoms with van der Waals surface area (Å²) in [4.78, 5) is 4.35. The molecule has 0 N–H and O–H groups in total. The first-order chi connectivity index (χ1) is 24.0. The molecule has 1 aliphatic heterocycles. The molecule has 0 radical (unpaired) electrons. The second kappa shape index (κ2) is 12.5. The van der Waals surface area contributed by atoms with Crippen molar-refractivity contribution in [3.63, 3.8) is 0 Å². The molecule has 8 aromatic rings. The second-order valence-corrected chi connectivity index (χ2v) is 12.9. The van der Waals surface area contributed by atoms with Gasteiger partial charge >= 0.3 is 0 Å². The molecule has 9 rings (SSSR count). The maximum absolute atomic E-state index is 5.05. The molecule has 0 saturated carbocycles. The van der Waals surface area contributed by atoms with Gasteiger partial charge in [-0.25, -0.2) is 0 Å². The summed E-state index contributed by atoms with van der Waals surface area (Å²) in [7, 11) is 2.08. The quantitative estimate of drug-likeness (QED) is 0.162. The molecule has 50 heavy (non-hydrogen) atoms. The molecule has 3 heterocycles. The molecule has 0 bridgehead atoms. The fourth-order valence-corrected chi connectivity index (χ4v) is 7.62. The third kappa shape index (κ3) is 5.07. The van der Waals surface area contributed by atoms with Gasteiger partial charge in [0.1, 0.15) is 0 Å². The van der Waals surface area contributed by atoms with Crippen LogP contribution in [0.3, 0.4) is 0 Å². The van der Waals surface area contributed by atoms with E-state index >= 15 is 0 Å². The normalized spacial score (nSPS) is 12.5. The van der Waals surface area contributed by atoms with E-state index in [9.17, 15) is 0 Å². The minimum absolute atomic E-state index is 0. The van der Waals surface area contributed by atoms with Gasteiger partial charge in [-0.1, -0.05) is 89.6 Å². The Morgan fingerprint density at radius 1 is 0.640 bits per heavy atom. The van der Waals surface area contributed by atoms with Crippen molar-refractivity contribution in [1.82, 2.24) is 14.3 Å².